The molecule has 0 bridgehead atoms. The monoisotopic (exact) mass is 474 g/mol. The van der Waals surface area contributed by atoms with Crippen LogP contribution in [0.3, 0.4) is 0 Å². The van der Waals surface area contributed by atoms with Crippen LogP contribution in [0.25, 0.3) is 0 Å². The number of rotatable bonds is 9. The lowest BCUT2D eigenvalue weighted by Gasteiger charge is -2.32. The number of carbonyl (C=O) groups excluding carboxylic acids is 1. The maximum atomic E-state index is 13.2. The molecule has 0 aromatic heterocycles. The average Bonchev–Trinajstić information content (AvgIpc) is 2.79. The van der Waals surface area contributed by atoms with Gasteiger partial charge in [0.25, 0.3) is 15.9 Å². The van der Waals surface area contributed by atoms with Crippen molar-refractivity contribution < 1.29 is 22.7 Å². The number of likely N-dealkylation sites (tertiary alicyclic amines) is 1. The number of carbonyl (C=O) groups is 1. The van der Waals surface area contributed by atoms with E-state index in [2.05, 4.69) is 18.6 Å². The molecule has 2 aromatic rings. The van der Waals surface area contributed by atoms with E-state index in [0.717, 1.165) is 25.0 Å². The van der Waals surface area contributed by atoms with Gasteiger partial charge in [0.15, 0.2) is 0 Å². The van der Waals surface area contributed by atoms with Crippen molar-refractivity contribution in [2.24, 2.45) is 5.92 Å². The van der Waals surface area contributed by atoms with Crippen LogP contribution in [0, 0.1) is 12.8 Å². The normalized spacial score (nSPS) is 15.0. The Morgan fingerprint density at radius 3 is 2.39 bits per heavy atom. The molecule has 8 heteroatoms. The van der Waals surface area contributed by atoms with E-state index in [1.165, 1.54) is 12.1 Å². The largest absolute Gasteiger partial charge is 0.494 e. The summed E-state index contributed by atoms with van der Waals surface area (Å²) in [5, 5.41) is 0. The van der Waals surface area contributed by atoms with E-state index in [-0.39, 0.29) is 16.9 Å². The Kier molecular flexibility index (Phi) is 8.37. The van der Waals surface area contributed by atoms with Gasteiger partial charge in [-0.1, -0.05) is 19.9 Å². The lowest BCUT2D eigenvalue weighted by molar-refractivity contribution is -0.00232. The first-order chi connectivity index (χ1) is 15.7. The van der Waals surface area contributed by atoms with Crippen molar-refractivity contribution in [2.45, 2.75) is 51.5 Å². The molecule has 0 spiro atoms. The number of anilines is 1. The number of amides is 1. The van der Waals surface area contributed by atoms with Crippen LogP contribution in [0.4, 0.5) is 5.69 Å². The standard InChI is InChI=1S/C25H34N2O5S/c1-5-31-21-9-7-20(8-10-21)26-33(29,30)23-11-6-19(4)24(16-23)25(28)27-14-12-22(13-15-27)32-17-18(2)3/h6-11,16,18,22,26H,5,12-15,17H2,1-4H3. The summed E-state index contributed by atoms with van der Waals surface area (Å²) in [4.78, 5) is 15.0. The molecule has 180 valence electrons. The van der Waals surface area contributed by atoms with Crippen molar-refractivity contribution in [1.29, 1.82) is 0 Å². The SMILES string of the molecule is CCOc1ccc(NS(=O)(=O)c2ccc(C)c(C(=O)N3CCC(OCC(C)C)CC3)c2)cc1. The summed E-state index contributed by atoms with van der Waals surface area (Å²) in [5.41, 5.74) is 1.58. The average molecular weight is 475 g/mol. The molecule has 1 amide bonds. The molecule has 33 heavy (non-hydrogen) atoms. The van der Waals surface area contributed by atoms with Crippen LogP contribution < -0.4 is 9.46 Å². The van der Waals surface area contributed by atoms with Crippen LogP contribution in [0.15, 0.2) is 47.4 Å². The molecule has 0 atom stereocenters. The van der Waals surface area contributed by atoms with Gasteiger partial charge in [-0.15, -0.1) is 0 Å². The second-order valence-corrected chi connectivity index (χ2v) is 10.4. The summed E-state index contributed by atoms with van der Waals surface area (Å²) in [6, 6.07) is 11.4. The quantitative estimate of drug-likeness (QED) is 0.580. The molecule has 1 aliphatic rings. The second-order valence-electron chi connectivity index (χ2n) is 8.76. The number of nitrogens with one attached hydrogen (secondary N) is 1. The van der Waals surface area contributed by atoms with E-state index < -0.39 is 10.0 Å². The van der Waals surface area contributed by atoms with Gasteiger partial charge in [0.1, 0.15) is 5.75 Å². The minimum Gasteiger partial charge on any atom is -0.494 e. The van der Waals surface area contributed by atoms with Gasteiger partial charge in [-0.2, -0.15) is 0 Å². The van der Waals surface area contributed by atoms with Gasteiger partial charge in [-0.3, -0.25) is 9.52 Å². The Morgan fingerprint density at radius 2 is 1.79 bits per heavy atom. The molecule has 0 aliphatic carbocycles. The zero-order chi connectivity index (χ0) is 24.0. The Labute approximate surface area is 197 Å². The fraction of sp³-hybridized carbons (Fsp3) is 0.480. The first kappa shape index (κ1) is 25.1. The highest BCUT2D eigenvalue weighted by Gasteiger charge is 2.26. The highest BCUT2D eigenvalue weighted by molar-refractivity contribution is 7.92. The molecule has 2 aromatic carbocycles. The summed E-state index contributed by atoms with van der Waals surface area (Å²) in [6.07, 6.45) is 1.74. The molecule has 1 saturated heterocycles. The topological polar surface area (TPSA) is 84.9 Å². The van der Waals surface area contributed by atoms with Crippen molar-refractivity contribution in [3.05, 3.63) is 53.6 Å². The molecule has 7 nitrogen and oxygen atoms in total. The smallest absolute Gasteiger partial charge is 0.261 e. The van der Waals surface area contributed by atoms with Gasteiger partial charge in [-0.05, 0) is 74.6 Å². The van der Waals surface area contributed by atoms with Crippen molar-refractivity contribution >= 4 is 21.6 Å². The minimum atomic E-state index is -3.85. The van der Waals surface area contributed by atoms with Crippen LogP contribution >= 0.6 is 0 Å². The highest BCUT2D eigenvalue weighted by atomic mass is 32.2. The number of piperidine rings is 1. The Morgan fingerprint density at radius 1 is 1.12 bits per heavy atom. The first-order valence-corrected chi connectivity index (χ1v) is 12.9. The van der Waals surface area contributed by atoms with Gasteiger partial charge >= 0.3 is 0 Å². The minimum absolute atomic E-state index is 0.0560. The summed E-state index contributed by atoms with van der Waals surface area (Å²) >= 11 is 0. The van der Waals surface area contributed by atoms with Gasteiger partial charge in [0, 0.05) is 30.9 Å². The number of nitrogens with zero attached hydrogens (tertiary/aromatic N) is 1. The molecular weight excluding hydrogens is 440 g/mol. The van der Waals surface area contributed by atoms with Crippen molar-refractivity contribution in [3.8, 4) is 5.75 Å². The van der Waals surface area contributed by atoms with Crippen LogP contribution in [0.1, 0.15) is 49.5 Å². The zero-order valence-electron chi connectivity index (χ0n) is 19.8. The molecule has 1 heterocycles. The Hall–Kier alpha value is -2.58. The number of ether oxygens (including phenoxy) is 2. The fourth-order valence-electron chi connectivity index (χ4n) is 3.72. The van der Waals surface area contributed by atoms with E-state index in [9.17, 15) is 13.2 Å². The van der Waals surface area contributed by atoms with Crippen LogP contribution in [0.5, 0.6) is 5.75 Å². The maximum absolute atomic E-state index is 13.2. The van der Waals surface area contributed by atoms with Crippen molar-refractivity contribution in [2.75, 3.05) is 31.0 Å². The molecule has 1 aliphatic heterocycles. The number of hydrogen-bond donors (Lipinski definition) is 1. The second kappa shape index (κ2) is 11.0. The summed E-state index contributed by atoms with van der Waals surface area (Å²) in [7, 11) is -3.85. The molecular formula is C25H34N2O5S. The third kappa shape index (κ3) is 6.71. The number of aryl methyl sites for hydroxylation is 1. The number of sulfonamides is 1. The van der Waals surface area contributed by atoms with Crippen molar-refractivity contribution in [1.82, 2.24) is 4.90 Å². The van der Waals surface area contributed by atoms with Crippen LogP contribution in [0.2, 0.25) is 0 Å². The third-order valence-corrected chi connectivity index (χ3v) is 6.94. The fourth-order valence-corrected chi connectivity index (χ4v) is 4.81. The third-order valence-electron chi connectivity index (χ3n) is 5.56. The van der Waals surface area contributed by atoms with E-state index in [4.69, 9.17) is 9.47 Å². The van der Waals surface area contributed by atoms with Gasteiger partial charge in [0.05, 0.1) is 17.6 Å². The van der Waals surface area contributed by atoms with Crippen LogP contribution in [-0.2, 0) is 14.8 Å². The molecule has 0 radical (unpaired) electrons. The van der Waals surface area contributed by atoms with E-state index >= 15 is 0 Å². The summed E-state index contributed by atoms with van der Waals surface area (Å²) < 4.78 is 39.8. The lowest BCUT2D eigenvalue weighted by Crippen LogP contribution is -2.41. The molecule has 1 fully saturated rings. The van der Waals surface area contributed by atoms with E-state index in [1.807, 2.05) is 13.8 Å². The van der Waals surface area contributed by atoms with Crippen LogP contribution in [-0.4, -0.2) is 51.6 Å². The predicted molar refractivity (Wildman–Crippen MR) is 129 cm³/mol. The summed E-state index contributed by atoms with van der Waals surface area (Å²) in [6.45, 7) is 10.4. The maximum Gasteiger partial charge on any atom is 0.261 e. The van der Waals surface area contributed by atoms with Gasteiger partial charge in [-0.25, -0.2) is 8.42 Å². The van der Waals surface area contributed by atoms with Gasteiger partial charge < -0.3 is 14.4 Å². The molecule has 1 N–H and O–H groups in total. The number of benzene rings is 2. The van der Waals surface area contributed by atoms with Crippen molar-refractivity contribution in [3.63, 3.8) is 0 Å². The highest BCUT2D eigenvalue weighted by Crippen LogP contribution is 2.24. The zero-order valence-corrected chi connectivity index (χ0v) is 20.7. The molecule has 3 rings (SSSR count). The van der Waals surface area contributed by atoms with E-state index in [0.29, 0.717) is 42.6 Å². The van der Waals surface area contributed by atoms with Gasteiger partial charge in [0.2, 0.25) is 0 Å². The molecule has 0 unspecified atom stereocenters. The first-order valence-electron chi connectivity index (χ1n) is 11.5. The Bertz CT molecular complexity index is 1040. The number of hydrogen-bond acceptors (Lipinski definition) is 5. The lowest BCUT2D eigenvalue weighted by atomic mass is 10.0. The predicted octanol–water partition coefficient (Wildman–Crippen LogP) is 4.47. The van der Waals surface area contributed by atoms with E-state index in [1.54, 1.807) is 35.2 Å². The molecule has 0 saturated carbocycles. The summed E-state index contributed by atoms with van der Waals surface area (Å²) in [5.74, 6) is 1.00. The Balaban J connectivity index is 1.70.